The van der Waals surface area contributed by atoms with Crippen molar-refractivity contribution in [1.29, 1.82) is 0 Å². The molecule has 2 bridgehead atoms. The summed E-state index contributed by atoms with van der Waals surface area (Å²) in [5.74, 6) is -10.7. The Morgan fingerprint density at radius 3 is 2.12 bits per heavy atom. The normalized spacial score (nSPS) is 32.7. The highest BCUT2D eigenvalue weighted by Gasteiger charge is 2.53. The van der Waals surface area contributed by atoms with Crippen LogP contribution in [0.4, 0.5) is 0 Å². The van der Waals surface area contributed by atoms with Crippen LogP contribution >= 0.6 is 45.2 Å². The van der Waals surface area contributed by atoms with Gasteiger partial charge in [0.05, 0.1) is 33.3 Å². The number of hydrogen-bond donors (Lipinski definition) is 2. The molecule has 1 saturated carbocycles. The van der Waals surface area contributed by atoms with Crippen molar-refractivity contribution < 1.29 is 86.5 Å². The Morgan fingerprint density at radius 2 is 1.51 bits per heavy atom. The van der Waals surface area contributed by atoms with Crippen LogP contribution in [0, 0.1) is 40.9 Å². The second-order valence-corrected chi connectivity index (χ2v) is 24.7. The van der Waals surface area contributed by atoms with Crippen molar-refractivity contribution in [3.63, 3.8) is 0 Å². The predicted octanol–water partition coefficient (Wildman–Crippen LogP) is 7.69. The Labute approximate surface area is 506 Å². The Bertz CT molecular complexity index is 2280. The van der Waals surface area contributed by atoms with E-state index in [9.17, 15) is 48.6 Å². The number of methoxy groups -OCH3 is 3. The summed E-state index contributed by atoms with van der Waals surface area (Å²) < 4.78 is 46.7. The van der Waals surface area contributed by atoms with Gasteiger partial charge in [-0.3, -0.25) is 33.6 Å². The molecule has 19 nitrogen and oxygen atoms in total. The van der Waals surface area contributed by atoms with Crippen molar-refractivity contribution in [3.8, 4) is 0 Å². The topological polar surface area (TPSA) is 254 Å². The lowest BCUT2D eigenvalue weighted by Crippen LogP contribution is -2.61. The summed E-state index contributed by atoms with van der Waals surface area (Å²) in [6.07, 6.45) is 9.23. The van der Waals surface area contributed by atoms with E-state index in [-0.39, 0.29) is 71.1 Å². The van der Waals surface area contributed by atoms with Crippen LogP contribution in [0.15, 0.2) is 47.6 Å². The molecular weight excluding hydrogens is 1280 g/mol. The highest BCUT2D eigenvalue weighted by Crippen LogP contribution is 2.39. The Hall–Kier alpha value is -3.46. The first kappa shape index (κ1) is 70.0. The summed E-state index contributed by atoms with van der Waals surface area (Å²) in [6, 6.07) is -1.23. The summed E-state index contributed by atoms with van der Waals surface area (Å²) >= 11 is 3.69. The maximum absolute atomic E-state index is 14.7. The van der Waals surface area contributed by atoms with Crippen LogP contribution in [0.2, 0.25) is 0 Å². The van der Waals surface area contributed by atoms with E-state index in [0.717, 1.165) is 10.5 Å². The summed E-state index contributed by atoms with van der Waals surface area (Å²) in [5.41, 5.74) is -0.412. The zero-order valence-electron chi connectivity index (χ0n) is 49.2. The quantitative estimate of drug-likeness (QED) is 0.0555. The molecule has 2 saturated heterocycles. The zero-order chi connectivity index (χ0) is 60.4. The molecular formula is C60H89I2NO18. The molecule has 3 heterocycles. The van der Waals surface area contributed by atoms with Crippen molar-refractivity contribution in [2.75, 3.05) is 49.9 Å². The van der Waals surface area contributed by atoms with Gasteiger partial charge in [-0.1, -0.05) is 116 Å². The minimum atomic E-state index is -2.49. The van der Waals surface area contributed by atoms with Crippen molar-refractivity contribution in [1.82, 2.24) is 4.90 Å². The van der Waals surface area contributed by atoms with Crippen LogP contribution < -0.4 is 0 Å². The number of piperidine rings is 1. The fraction of sp³-hybridized carbons (Fsp3) is 0.733. The number of hydrogen-bond acceptors (Lipinski definition) is 18. The lowest BCUT2D eigenvalue weighted by molar-refractivity contribution is -0.265. The highest BCUT2D eigenvalue weighted by molar-refractivity contribution is 14.1. The van der Waals surface area contributed by atoms with Crippen LogP contribution in [0.5, 0.6) is 0 Å². The molecule has 21 heteroatoms. The van der Waals surface area contributed by atoms with Gasteiger partial charge >= 0.3 is 23.9 Å². The van der Waals surface area contributed by atoms with Crippen LogP contribution in [-0.4, -0.2) is 167 Å². The summed E-state index contributed by atoms with van der Waals surface area (Å²) in [5, 5.41) is 23.7. The van der Waals surface area contributed by atoms with Gasteiger partial charge in [0.25, 0.3) is 11.7 Å². The van der Waals surface area contributed by atoms with Crippen LogP contribution in [0.1, 0.15) is 132 Å². The number of ketones is 3. The number of rotatable bonds is 14. The fourth-order valence-corrected chi connectivity index (χ4v) is 11.7. The number of allylic oxidation sites excluding steroid dienone is 6. The van der Waals surface area contributed by atoms with Gasteiger partial charge in [0, 0.05) is 58.5 Å². The van der Waals surface area contributed by atoms with E-state index in [1.807, 2.05) is 96.3 Å². The molecule has 2 N–H and O–H groups in total. The molecule has 0 radical (unpaired) electrons. The van der Waals surface area contributed by atoms with Crippen LogP contribution in [0.3, 0.4) is 0 Å². The molecule has 1 aliphatic carbocycles. The van der Waals surface area contributed by atoms with Gasteiger partial charge < -0.3 is 53.0 Å². The largest absolute Gasteiger partial charge is 0.464 e. The first-order valence-corrected chi connectivity index (χ1v) is 31.5. The van der Waals surface area contributed by atoms with Crippen LogP contribution in [0.25, 0.3) is 0 Å². The van der Waals surface area contributed by atoms with E-state index in [0.29, 0.717) is 57.8 Å². The number of amides is 1. The number of carbonyl (C=O) groups excluding carboxylic acids is 8. The molecule has 0 aromatic carbocycles. The third kappa shape index (κ3) is 19.8. The van der Waals surface area contributed by atoms with E-state index in [1.54, 1.807) is 40.9 Å². The van der Waals surface area contributed by atoms with Gasteiger partial charge in [-0.2, -0.15) is 0 Å². The molecule has 4 rings (SSSR count). The number of fused-ring (bicyclic) bond motifs is 3. The number of ether oxygens (including phenoxy) is 8. The van der Waals surface area contributed by atoms with Crippen molar-refractivity contribution >= 4 is 92.3 Å². The van der Waals surface area contributed by atoms with E-state index in [2.05, 4.69) is 0 Å². The van der Waals surface area contributed by atoms with Crippen LogP contribution in [-0.2, 0) is 76.3 Å². The first-order valence-electron chi connectivity index (χ1n) is 28.4. The van der Waals surface area contributed by atoms with Gasteiger partial charge in [-0.05, 0) is 114 Å². The molecule has 81 heavy (non-hydrogen) atoms. The Kier molecular flexibility index (Phi) is 28.8. The van der Waals surface area contributed by atoms with Crippen molar-refractivity contribution in [3.05, 3.63) is 47.6 Å². The number of Topliss-reactive ketones (excluding diaryl/α,β-unsaturated/α-hetero) is 3. The maximum Gasteiger partial charge on any atom is 0.329 e. The average Bonchev–Trinajstić information content (AvgIpc) is 3.46. The molecule has 1 amide bonds. The third-order valence-corrected chi connectivity index (χ3v) is 17.8. The van der Waals surface area contributed by atoms with Gasteiger partial charge in [-0.25, -0.2) is 4.79 Å². The molecule has 15 atom stereocenters. The smallest absolute Gasteiger partial charge is 0.329 e. The minimum absolute atomic E-state index is 0.0170. The molecule has 3 fully saturated rings. The van der Waals surface area contributed by atoms with Gasteiger partial charge in [0.2, 0.25) is 5.79 Å². The second-order valence-electron chi connectivity index (χ2n) is 23.1. The van der Waals surface area contributed by atoms with Gasteiger partial charge in [0.15, 0.2) is 11.6 Å². The average molecular weight is 1370 g/mol. The monoisotopic (exact) mass is 1370 g/mol. The highest BCUT2D eigenvalue weighted by atomic mass is 127. The number of halogens is 2. The lowest BCUT2D eigenvalue weighted by Gasteiger charge is -2.42. The second kappa shape index (κ2) is 33.3. The first-order chi connectivity index (χ1) is 38.3. The lowest BCUT2D eigenvalue weighted by atomic mass is 9.78. The SMILES string of the molecule is CO[C@H]1C[C@@H]2CC[C@@H](C)[C@@](O)(O2)C(=O)C(=O)N2CCCC[C@H]2C(=O)O[C@H]([C@H](C)C[C@@H]2CC[C@@H](OC(=O)C(C)(COC(=O)CI)COC(=O)CI)[C@H](OC)C2)CC(=O)C(C)=CC(C)[C@@H](O)[C@@H](OC)C(=O)[C@H](C)C[C@H](C)C=CC=CC=C1C. The van der Waals surface area contributed by atoms with E-state index >= 15 is 0 Å². The number of alkyl halides is 2. The molecule has 0 spiro atoms. The van der Waals surface area contributed by atoms with Crippen molar-refractivity contribution in [2.24, 2.45) is 40.9 Å². The number of esters is 4. The van der Waals surface area contributed by atoms with Gasteiger partial charge in [-0.15, -0.1) is 0 Å². The molecule has 3 aliphatic heterocycles. The molecule has 0 aromatic heterocycles. The predicted molar refractivity (Wildman–Crippen MR) is 317 cm³/mol. The van der Waals surface area contributed by atoms with Crippen molar-refractivity contribution in [2.45, 2.75) is 187 Å². The number of cyclic esters (lactones) is 1. The zero-order valence-corrected chi connectivity index (χ0v) is 53.5. The molecule has 1 unspecified atom stereocenters. The summed E-state index contributed by atoms with van der Waals surface area (Å²) in [6.45, 7) is 13.2. The van der Waals surface area contributed by atoms with E-state index in [4.69, 9.17) is 37.9 Å². The maximum atomic E-state index is 14.7. The Balaban J connectivity index is 1.68. The summed E-state index contributed by atoms with van der Waals surface area (Å²) in [7, 11) is 4.42. The summed E-state index contributed by atoms with van der Waals surface area (Å²) in [4.78, 5) is 111. The molecule has 456 valence electrons. The standard InChI is InChI=1S/C60H89I2NO18/c1-35-17-13-12-14-18-36(2)47(74-9)29-43-22-20-41(7)60(73,81-43)55(69)56(70)63-24-16-15-19-44(63)57(71)79-48(30-45(64)37(3)26-40(6)53(68)54(76-11)52(67)39(5)25-35)38(4)27-42-21-23-46(49(28-42)75-10)80-58(72)59(8,33-77-50(65)31-61)34-78-51(66)32-62/h12-14,17-18,26,35,38-44,46-49,53-54,68,73H,15-16,19-25,27-34H2,1-11H3/t35-,38-,39-,40?,41-,42+,43+,44+,46-,47+,48+,49-,53-,54+,60-/m1/s1. The molecule has 0 aromatic rings. The Morgan fingerprint density at radius 1 is 0.840 bits per heavy atom. The number of carbonyl (C=O) groups is 8. The minimum Gasteiger partial charge on any atom is -0.464 e. The number of aliphatic hydroxyl groups excluding tert-OH is 1. The van der Waals surface area contributed by atoms with E-state index in [1.165, 1.54) is 21.1 Å². The third-order valence-electron chi connectivity index (χ3n) is 16.5. The number of nitrogens with zero attached hydrogens (tertiary/aromatic N) is 1. The van der Waals surface area contributed by atoms with Gasteiger partial charge in [0.1, 0.15) is 43.0 Å². The van der Waals surface area contributed by atoms with E-state index < -0.39 is 125 Å². The number of aliphatic hydroxyl groups is 2. The fourth-order valence-electron chi connectivity index (χ4n) is 11.2. The molecule has 4 aliphatic rings.